The normalized spacial score (nSPS) is 10.1. The fourth-order valence-electron chi connectivity index (χ4n) is 1.61. The lowest BCUT2D eigenvalue weighted by molar-refractivity contribution is 0.0693. The SMILES string of the molecule is O=C(O)c1cc(NC(=O)c2ccc(Cl)[nH]c2=O)ccc1O. The number of hydrogen-bond donors (Lipinski definition) is 4. The van der Waals surface area contributed by atoms with E-state index in [9.17, 15) is 19.5 Å². The highest BCUT2D eigenvalue weighted by Crippen LogP contribution is 2.21. The van der Waals surface area contributed by atoms with E-state index < -0.39 is 23.2 Å². The molecule has 2 rings (SSSR count). The molecule has 7 nitrogen and oxygen atoms in total. The van der Waals surface area contributed by atoms with Crippen LogP contribution in [-0.2, 0) is 0 Å². The van der Waals surface area contributed by atoms with E-state index in [0.29, 0.717) is 0 Å². The van der Waals surface area contributed by atoms with E-state index in [1.165, 1.54) is 18.2 Å². The number of carboxylic acids is 1. The maximum Gasteiger partial charge on any atom is 0.339 e. The van der Waals surface area contributed by atoms with Gasteiger partial charge in [0.15, 0.2) is 0 Å². The Morgan fingerprint density at radius 1 is 1.14 bits per heavy atom. The minimum absolute atomic E-state index is 0.0920. The first-order valence-corrected chi connectivity index (χ1v) is 6.03. The zero-order valence-corrected chi connectivity index (χ0v) is 11.1. The molecule has 2 aromatic rings. The van der Waals surface area contributed by atoms with E-state index in [2.05, 4.69) is 10.3 Å². The lowest BCUT2D eigenvalue weighted by Gasteiger charge is -2.07. The molecular weight excluding hydrogens is 300 g/mol. The van der Waals surface area contributed by atoms with Crippen LogP contribution in [0.15, 0.2) is 35.1 Å². The van der Waals surface area contributed by atoms with Crippen molar-refractivity contribution in [2.75, 3.05) is 5.32 Å². The van der Waals surface area contributed by atoms with E-state index in [1.54, 1.807) is 0 Å². The molecule has 1 amide bonds. The van der Waals surface area contributed by atoms with Gasteiger partial charge in [0.2, 0.25) is 0 Å². The number of amides is 1. The smallest absolute Gasteiger partial charge is 0.339 e. The molecule has 108 valence electrons. The maximum atomic E-state index is 11.9. The predicted octanol–water partition coefficient (Wildman–Crippen LogP) is 1.68. The summed E-state index contributed by atoms with van der Waals surface area (Å²) in [6.45, 7) is 0. The summed E-state index contributed by atoms with van der Waals surface area (Å²) < 4.78 is 0. The molecule has 1 aromatic heterocycles. The first kappa shape index (κ1) is 14.6. The number of anilines is 1. The van der Waals surface area contributed by atoms with E-state index >= 15 is 0 Å². The van der Waals surface area contributed by atoms with Gasteiger partial charge >= 0.3 is 5.97 Å². The number of nitrogens with one attached hydrogen (secondary N) is 2. The Hall–Kier alpha value is -2.80. The lowest BCUT2D eigenvalue weighted by Crippen LogP contribution is -2.23. The maximum absolute atomic E-state index is 11.9. The summed E-state index contributed by atoms with van der Waals surface area (Å²) in [6.07, 6.45) is 0. The van der Waals surface area contributed by atoms with Crippen LogP contribution in [0.3, 0.4) is 0 Å². The van der Waals surface area contributed by atoms with E-state index in [-0.39, 0.29) is 22.0 Å². The van der Waals surface area contributed by atoms with Gasteiger partial charge < -0.3 is 20.5 Å². The molecule has 8 heteroatoms. The van der Waals surface area contributed by atoms with Crippen LogP contribution in [-0.4, -0.2) is 27.1 Å². The van der Waals surface area contributed by atoms with Crippen molar-refractivity contribution in [3.05, 3.63) is 57.0 Å². The van der Waals surface area contributed by atoms with Crippen molar-refractivity contribution in [3.63, 3.8) is 0 Å². The third-order valence-corrected chi connectivity index (χ3v) is 2.82. The largest absolute Gasteiger partial charge is 0.507 e. The molecule has 0 fully saturated rings. The van der Waals surface area contributed by atoms with Crippen molar-refractivity contribution in [3.8, 4) is 5.75 Å². The summed E-state index contributed by atoms with van der Waals surface area (Å²) in [4.78, 5) is 36.6. The summed E-state index contributed by atoms with van der Waals surface area (Å²) in [5.74, 6) is -2.49. The molecule has 0 radical (unpaired) electrons. The van der Waals surface area contributed by atoms with Gasteiger partial charge in [0, 0.05) is 5.69 Å². The summed E-state index contributed by atoms with van der Waals surface area (Å²) in [5, 5.41) is 20.7. The van der Waals surface area contributed by atoms with Gasteiger partial charge in [0.25, 0.3) is 11.5 Å². The molecule has 0 aliphatic carbocycles. The first-order valence-electron chi connectivity index (χ1n) is 5.65. The quantitative estimate of drug-likeness (QED) is 0.508. The number of aromatic carboxylic acids is 1. The van der Waals surface area contributed by atoms with Gasteiger partial charge in [0.05, 0.1) is 0 Å². The van der Waals surface area contributed by atoms with Gasteiger partial charge in [-0.3, -0.25) is 9.59 Å². The van der Waals surface area contributed by atoms with Gasteiger partial charge in [-0.15, -0.1) is 0 Å². The second-order valence-electron chi connectivity index (χ2n) is 4.04. The van der Waals surface area contributed by atoms with Gasteiger partial charge in [-0.1, -0.05) is 11.6 Å². The number of benzene rings is 1. The summed E-state index contributed by atoms with van der Waals surface area (Å²) in [7, 11) is 0. The van der Waals surface area contributed by atoms with Crippen molar-refractivity contribution in [1.82, 2.24) is 4.98 Å². The second-order valence-corrected chi connectivity index (χ2v) is 4.45. The van der Waals surface area contributed by atoms with Crippen molar-refractivity contribution in [2.45, 2.75) is 0 Å². The number of phenols is 1. The number of aromatic nitrogens is 1. The molecular formula is C13H9ClN2O5. The minimum atomic E-state index is -1.34. The monoisotopic (exact) mass is 308 g/mol. The number of aromatic hydroxyl groups is 1. The van der Waals surface area contributed by atoms with E-state index in [1.807, 2.05) is 0 Å². The number of H-pyrrole nitrogens is 1. The van der Waals surface area contributed by atoms with E-state index in [0.717, 1.165) is 12.1 Å². The highest BCUT2D eigenvalue weighted by atomic mass is 35.5. The Kier molecular flexibility index (Phi) is 3.95. The van der Waals surface area contributed by atoms with Gasteiger partial charge in [-0.2, -0.15) is 0 Å². The Bertz CT molecular complexity index is 784. The number of hydrogen-bond acceptors (Lipinski definition) is 4. The van der Waals surface area contributed by atoms with E-state index in [4.69, 9.17) is 16.7 Å². The number of halogens is 1. The molecule has 0 atom stereocenters. The summed E-state index contributed by atoms with van der Waals surface area (Å²) >= 11 is 5.57. The average molecular weight is 309 g/mol. The molecule has 1 heterocycles. The zero-order chi connectivity index (χ0) is 15.6. The molecule has 4 N–H and O–H groups in total. The van der Waals surface area contributed by atoms with Crippen LogP contribution in [0.4, 0.5) is 5.69 Å². The predicted molar refractivity (Wildman–Crippen MR) is 75.1 cm³/mol. The Balaban J connectivity index is 2.29. The van der Waals surface area contributed by atoms with Gasteiger partial charge in [-0.05, 0) is 30.3 Å². The van der Waals surface area contributed by atoms with Crippen LogP contribution in [0.2, 0.25) is 5.15 Å². The molecule has 0 unspecified atom stereocenters. The molecule has 1 aromatic carbocycles. The third-order valence-electron chi connectivity index (χ3n) is 2.60. The third kappa shape index (κ3) is 3.21. The Morgan fingerprint density at radius 2 is 1.86 bits per heavy atom. The van der Waals surface area contributed by atoms with Crippen molar-refractivity contribution in [2.24, 2.45) is 0 Å². The number of carbonyl (C=O) groups is 2. The standard InChI is InChI=1S/C13H9ClN2O5/c14-10-4-2-7(12(19)16-10)11(18)15-6-1-3-9(17)8(5-6)13(20)21/h1-5,17H,(H,15,18)(H,16,19)(H,20,21). The van der Waals surface area contributed by atoms with Crippen LogP contribution < -0.4 is 10.9 Å². The molecule has 21 heavy (non-hydrogen) atoms. The fraction of sp³-hybridized carbons (Fsp3) is 0. The summed E-state index contributed by atoms with van der Waals surface area (Å²) in [5.41, 5.74) is -1.08. The molecule has 0 saturated heterocycles. The number of aromatic amines is 1. The van der Waals surface area contributed by atoms with Crippen LogP contribution in [0, 0.1) is 0 Å². The zero-order valence-electron chi connectivity index (χ0n) is 10.4. The number of carbonyl (C=O) groups excluding carboxylic acids is 1. The highest BCUT2D eigenvalue weighted by molar-refractivity contribution is 6.29. The summed E-state index contributed by atoms with van der Waals surface area (Å²) in [6, 6.07) is 6.11. The number of rotatable bonds is 3. The van der Waals surface area contributed by atoms with Crippen LogP contribution in [0.25, 0.3) is 0 Å². The number of pyridine rings is 1. The average Bonchev–Trinajstić information content (AvgIpc) is 2.40. The topological polar surface area (TPSA) is 119 Å². The highest BCUT2D eigenvalue weighted by Gasteiger charge is 2.14. The van der Waals surface area contributed by atoms with Gasteiger partial charge in [-0.25, -0.2) is 4.79 Å². The van der Waals surface area contributed by atoms with Crippen molar-refractivity contribution < 1.29 is 19.8 Å². The second kappa shape index (κ2) is 5.68. The fourth-order valence-corrected chi connectivity index (χ4v) is 1.76. The molecule has 0 bridgehead atoms. The van der Waals surface area contributed by atoms with Crippen LogP contribution in [0.5, 0.6) is 5.75 Å². The molecule has 0 spiro atoms. The molecule has 0 aliphatic rings. The first-order chi connectivity index (χ1) is 9.88. The van der Waals surface area contributed by atoms with Crippen LogP contribution >= 0.6 is 11.6 Å². The van der Waals surface area contributed by atoms with Crippen LogP contribution in [0.1, 0.15) is 20.7 Å². The Morgan fingerprint density at radius 3 is 2.48 bits per heavy atom. The Labute approximate surface area is 122 Å². The number of carboxylic acid groups (broad SMARTS) is 1. The minimum Gasteiger partial charge on any atom is -0.507 e. The van der Waals surface area contributed by atoms with Gasteiger partial charge in [0.1, 0.15) is 22.0 Å². The molecule has 0 saturated carbocycles. The lowest BCUT2D eigenvalue weighted by atomic mass is 10.1. The van der Waals surface area contributed by atoms with Crippen molar-refractivity contribution in [1.29, 1.82) is 0 Å². The van der Waals surface area contributed by atoms with Crippen molar-refractivity contribution >= 4 is 29.2 Å². The molecule has 0 aliphatic heterocycles.